The van der Waals surface area contributed by atoms with Crippen LogP contribution in [0.25, 0.3) is 0 Å². The van der Waals surface area contributed by atoms with Gasteiger partial charge in [-0.1, -0.05) is 62.3 Å². The molecule has 0 heterocycles. The van der Waals surface area contributed by atoms with Gasteiger partial charge in [-0.3, -0.25) is 0 Å². The van der Waals surface area contributed by atoms with E-state index in [1.54, 1.807) is 62.3 Å². The van der Waals surface area contributed by atoms with Gasteiger partial charge in [0.15, 0.2) is 0 Å². The molecule has 0 aliphatic carbocycles. The number of aliphatic hydroxyl groups is 1. The van der Waals surface area contributed by atoms with Crippen LogP contribution in [0.2, 0.25) is 4.44 Å². The molecule has 8 heteroatoms. The Morgan fingerprint density at radius 1 is 0.680 bits per heavy atom. The Balaban J connectivity index is -0.000000120. The van der Waals surface area contributed by atoms with Crippen LogP contribution in [0.3, 0.4) is 0 Å². The number of hydrogen-bond donors (Lipinski definition) is 1. The van der Waals surface area contributed by atoms with Crippen LogP contribution < -0.4 is 15.3 Å². The van der Waals surface area contributed by atoms with Gasteiger partial charge in [0.1, 0.15) is 0 Å². The molecule has 0 amide bonds. The summed E-state index contributed by atoms with van der Waals surface area (Å²) >= 11 is 1.42. The van der Waals surface area contributed by atoms with Gasteiger partial charge in [-0.2, -0.15) is 0 Å². The molecule has 0 bridgehead atoms. The molecule has 0 saturated carbocycles. The second kappa shape index (κ2) is 14.3. The van der Waals surface area contributed by atoms with E-state index in [0.29, 0.717) is 6.61 Å². The molecule has 0 aromatic carbocycles. The number of carboxylic acids is 3. The Hall–Kier alpha value is -0.831. The van der Waals surface area contributed by atoms with Gasteiger partial charge in [0.05, 0.1) is 0 Å². The topological polar surface area (TPSA) is 141 Å². The van der Waals surface area contributed by atoms with Crippen molar-refractivity contribution in [3.63, 3.8) is 0 Å². The van der Waals surface area contributed by atoms with Gasteiger partial charge in [0.25, 0.3) is 0 Å². The summed E-state index contributed by atoms with van der Waals surface area (Å²) in [6, 6.07) is 0. The summed E-state index contributed by atoms with van der Waals surface area (Å²) in [5.74, 6) is -3.02. The Kier molecular flexibility index (Phi) is 18.3. The minimum absolute atomic E-state index is 0.359. The van der Waals surface area contributed by atoms with Crippen molar-refractivity contribution in [1.82, 2.24) is 0 Å². The Morgan fingerprint density at radius 2 is 0.760 bits per heavy atom. The third-order valence-corrected chi connectivity index (χ3v) is 2.59. The van der Waals surface area contributed by atoms with Gasteiger partial charge in [-0.25, -0.2) is 0 Å². The number of rotatable bonds is 1. The molecular formula is C17H32O7Sn. The number of aliphatic carboxylic acids is 3. The molecule has 0 rings (SSSR count). The molecule has 0 spiro atoms. The predicted molar refractivity (Wildman–Crippen MR) is 91.0 cm³/mol. The van der Waals surface area contributed by atoms with E-state index in [9.17, 15) is 29.7 Å². The molecular weight excluding hydrogens is 435 g/mol. The molecule has 25 heavy (non-hydrogen) atoms. The van der Waals surface area contributed by atoms with Crippen molar-refractivity contribution in [3.05, 3.63) is 0 Å². The van der Waals surface area contributed by atoms with Crippen LogP contribution in [0.4, 0.5) is 0 Å². The van der Waals surface area contributed by atoms with Gasteiger partial charge in [-0.05, 0) is 0 Å². The molecule has 0 aromatic heterocycles. The molecule has 7 nitrogen and oxygen atoms in total. The normalized spacial score (nSPS) is 10.7. The van der Waals surface area contributed by atoms with Crippen molar-refractivity contribution in [2.45, 2.75) is 66.8 Å². The second-order valence-electron chi connectivity index (χ2n) is 8.09. The van der Waals surface area contributed by atoms with E-state index < -0.39 is 34.2 Å². The van der Waals surface area contributed by atoms with Crippen molar-refractivity contribution in [3.8, 4) is 0 Å². The van der Waals surface area contributed by atoms with Crippen LogP contribution >= 0.6 is 0 Å². The molecule has 1 N–H and O–H groups in total. The Bertz CT molecular complexity index is 326. The summed E-state index contributed by atoms with van der Waals surface area (Å²) < 4.78 is 0.965. The average molecular weight is 467 g/mol. The molecule has 0 aliphatic heterocycles. The SMILES string of the molecule is CC(C)(C)C(=O)[O-].CC(C)(C)C(=O)[O-].CC(C)(C)C(=O)[O-].OC[CH2][Sn+3]. The van der Waals surface area contributed by atoms with Gasteiger partial charge in [0.2, 0.25) is 0 Å². The van der Waals surface area contributed by atoms with E-state index >= 15 is 0 Å². The molecule has 146 valence electrons. The van der Waals surface area contributed by atoms with E-state index in [4.69, 9.17) is 5.11 Å². The van der Waals surface area contributed by atoms with Crippen LogP contribution in [0.15, 0.2) is 0 Å². The zero-order valence-electron chi connectivity index (χ0n) is 16.8. The first-order valence-corrected chi connectivity index (χ1v) is 9.66. The van der Waals surface area contributed by atoms with Crippen molar-refractivity contribution >= 4 is 40.4 Å². The number of aliphatic hydroxyl groups excluding tert-OH is 1. The molecule has 0 fully saturated rings. The van der Waals surface area contributed by atoms with E-state index in [2.05, 4.69) is 0 Å². The third-order valence-electron chi connectivity index (χ3n) is 1.95. The standard InChI is InChI=1S/3C5H10O2.C2H5O.Sn/c3*1-5(2,3)4(6)7;1-2-3;/h3*1-3H3,(H,6,7);3H,1-2H2;/q;;;;+3/p-3. The van der Waals surface area contributed by atoms with Gasteiger partial charge in [0, 0.05) is 34.2 Å². The van der Waals surface area contributed by atoms with Crippen molar-refractivity contribution in [2.24, 2.45) is 16.2 Å². The zero-order valence-corrected chi connectivity index (χ0v) is 19.7. The molecule has 0 atom stereocenters. The van der Waals surface area contributed by atoms with Crippen LogP contribution in [0.5, 0.6) is 0 Å². The zero-order chi connectivity index (χ0) is 21.6. The third kappa shape index (κ3) is 31.5. The van der Waals surface area contributed by atoms with E-state index in [0.717, 1.165) is 4.44 Å². The van der Waals surface area contributed by atoms with E-state index in [-0.39, 0.29) is 0 Å². The fourth-order valence-corrected chi connectivity index (χ4v) is 0. The Morgan fingerprint density at radius 3 is 0.760 bits per heavy atom. The summed E-state index contributed by atoms with van der Waals surface area (Å²) in [5.41, 5.74) is -2.08. The molecule has 0 aromatic rings. The number of carbonyl (C=O) groups is 3. The van der Waals surface area contributed by atoms with Crippen molar-refractivity contribution in [2.75, 3.05) is 6.61 Å². The van der Waals surface area contributed by atoms with Crippen LogP contribution in [0.1, 0.15) is 62.3 Å². The molecule has 0 unspecified atom stereocenters. The quantitative estimate of drug-likeness (QED) is 0.484. The maximum atomic E-state index is 9.91. The van der Waals surface area contributed by atoms with Crippen LogP contribution in [-0.4, -0.2) is 52.1 Å². The monoisotopic (exact) mass is 468 g/mol. The van der Waals surface area contributed by atoms with Crippen molar-refractivity contribution < 1.29 is 34.8 Å². The van der Waals surface area contributed by atoms with E-state index in [1.807, 2.05) is 0 Å². The minimum atomic E-state index is -1.01. The van der Waals surface area contributed by atoms with Crippen molar-refractivity contribution in [1.29, 1.82) is 0 Å². The maximum absolute atomic E-state index is 9.91. The Labute approximate surface area is 164 Å². The first-order chi connectivity index (χ1) is 10.7. The average Bonchev–Trinajstić information content (AvgIpc) is 2.37. The fourth-order valence-electron chi connectivity index (χ4n) is 0. The molecule has 0 saturated heterocycles. The van der Waals surface area contributed by atoms with Gasteiger partial charge < -0.3 is 29.7 Å². The number of hydrogen-bond acceptors (Lipinski definition) is 7. The second-order valence-corrected chi connectivity index (χ2v) is 9.51. The number of carbonyl (C=O) groups excluding carboxylic acids is 3. The van der Waals surface area contributed by atoms with Crippen LogP contribution in [-0.2, 0) is 14.4 Å². The summed E-state index contributed by atoms with van der Waals surface area (Å²) in [6.45, 7) is 14.8. The first kappa shape index (κ1) is 31.9. The summed E-state index contributed by atoms with van der Waals surface area (Å²) in [6.07, 6.45) is 0. The molecule has 0 radical (unpaired) electrons. The van der Waals surface area contributed by atoms with E-state index in [1.165, 1.54) is 22.5 Å². The molecule has 0 aliphatic rings. The number of carboxylic acid groups (broad SMARTS) is 3. The van der Waals surface area contributed by atoms with Crippen LogP contribution in [0, 0.1) is 16.2 Å². The van der Waals surface area contributed by atoms with Gasteiger partial charge in [-0.15, -0.1) is 0 Å². The fraction of sp³-hybridized carbons (Fsp3) is 0.824. The first-order valence-electron chi connectivity index (χ1n) is 7.64. The predicted octanol–water partition coefficient (Wildman–Crippen LogP) is -1.09. The summed E-state index contributed by atoms with van der Waals surface area (Å²) in [7, 11) is 0. The summed E-state index contributed by atoms with van der Waals surface area (Å²) in [5, 5.41) is 37.6. The summed E-state index contributed by atoms with van der Waals surface area (Å²) in [4.78, 5) is 29.7. The van der Waals surface area contributed by atoms with Gasteiger partial charge >= 0.3 is 38.7 Å².